The zero-order valence-corrected chi connectivity index (χ0v) is 10.9. The van der Waals surface area contributed by atoms with Crippen LogP contribution in [0.25, 0.3) is 11.3 Å². The number of halogens is 1. The predicted molar refractivity (Wildman–Crippen MR) is 72.4 cm³/mol. The Morgan fingerprint density at radius 3 is 3.06 bits per heavy atom. The van der Waals surface area contributed by atoms with Crippen molar-refractivity contribution in [2.45, 2.75) is 19.5 Å². The minimum Gasteiger partial charge on any atom is -0.395 e. The number of nitrogens with zero attached hydrogens (tertiary/aromatic N) is 1. The second kappa shape index (κ2) is 6.00. The van der Waals surface area contributed by atoms with E-state index in [-0.39, 0.29) is 12.6 Å². The summed E-state index contributed by atoms with van der Waals surface area (Å²) in [6, 6.07) is 7.69. The number of rotatable bonds is 5. The molecule has 1 aromatic heterocycles. The molecule has 2 rings (SSSR count). The van der Waals surface area contributed by atoms with Crippen LogP contribution in [-0.4, -0.2) is 28.0 Å². The minimum absolute atomic E-state index is 0.0621. The SMILES string of the molecule is CC(CO)NCc1cn[nH]c1-c1cccc(Cl)c1. The molecule has 0 radical (unpaired) electrons. The van der Waals surface area contributed by atoms with Gasteiger partial charge in [-0.2, -0.15) is 5.10 Å². The smallest absolute Gasteiger partial charge is 0.0695 e. The Kier molecular flexibility index (Phi) is 4.36. The van der Waals surface area contributed by atoms with Crippen molar-refractivity contribution >= 4 is 11.6 Å². The molecule has 0 fully saturated rings. The largest absolute Gasteiger partial charge is 0.395 e. The maximum Gasteiger partial charge on any atom is 0.0695 e. The van der Waals surface area contributed by atoms with E-state index in [2.05, 4.69) is 15.5 Å². The first-order valence-electron chi connectivity index (χ1n) is 5.83. The van der Waals surface area contributed by atoms with Crippen LogP contribution in [0.1, 0.15) is 12.5 Å². The molecule has 0 amide bonds. The lowest BCUT2D eigenvalue weighted by molar-refractivity contribution is 0.251. The van der Waals surface area contributed by atoms with Gasteiger partial charge in [0.1, 0.15) is 0 Å². The third-order valence-corrected chi connectivity index (χ3v) is 2.98. The quantitative estimate of drug-likeness (QED) is 0.777. The van der Waals surface area contributed by atoms with Gasteiger partial charge in [-0.15, -0.1) is 0 Å². The van der Waals surface area contributed by atoms with Crippen LogP contribution in [0.4, 0.5) is 0 Å². The number of hydrogen-bond acceptors (Lipinski definition) is 3. The number of aromatic nitrogens is 2. The van der Waals surface area contributed by atoms with E-state index in [1.54, 1.807) is 6.20 Å². The molecule has 0 saturated heterocycles. The molecule has 5 heteroatoms. The van der Waals surface area contributed by atoms with Crippen molar-refractivity contribution in [3.8, 4) is 11.3 Å². The summed E-state index contributed by atoms with van der Waals surface area (Å²) in [6.45, 7) is 2.70. The van der Waals surface area contributed by atoms with Gasteiger partial charge in [-0.3, -0.25) is 5.10 Å². The van der Waals surface area contributed by atoms with Crippen LogP contribution in [0.15, 0.2) is 30.5 Å². The van der Waals surface area contributed by atoms with E-state index in [4.69, 9.17) is 16.7 Å². The van der Waals surface area contributed by atoms with Crippen molar-refractivity contribution in [2.24, 2.45) is 0 Å². The molecule has 0 spiro atoms. The highest BCUT2D eigenvalue weighted by Crippen LogP contribution is 2.23. The number of H-pyrrole nitrogens is 1. The topological polar surface area (TPSA) is 60.9 Å². The van der Waals surface area contributed by atoms with E-state index in [9.17, 15) is 0 Å². The van der Waals surface area contributed by atoms with Gasteiger partial charge in [0, 0.05) is 28.7 Å². The zero-order chi connectivity index (χ0) is 13.0. The van der Waals surface area contributed by atoms with Crippen molar-refractivity contribution in [3.63, 3.8) is 0 Å². The second-order valence-corrected chi connectivity index (χ2v) is 4.68. The van der Waals surface area contributed by atoms with Gasteiger partial charge in [0.15, 0.2) is 0 Å². The third kappa shape index (κ3) is 3.10. The Balaban J connectivity index is 2.17. The van der Waals surface area contributed by atoms with Gasteiger partial charge in [0.25, 0.3) is 0 Å². The highest BCUT2D eigenvalue weighted by atomic mass is 35.5. The normalized spacial score (nSPS) is 12.6. The molecule has 1 heterocycles. The molecule has 18 heavy (non-hydrogen) atoms. The lowest BCUT2D eigenvalue weighted by Gasteiger charge is -2.10. The first-order valence-corrected chi connectivity index (χ1v) is 6.21. The van der Waals surface area contributed by atoms with Crippen molar-refractivity contribution in [1.82, 2.24) is 15.5 Å². The van der Waals surface area contributed by atoms with Crippen molar-refractivity contribution in [2.75, 3.05) is 6.61 Å². The summed E-state index contributed by atoms with van der Waals surface area (Å²) in [4.78, 5) is 0. The summed E-state index contributed by atoms with van der Waals surface area (Å²) < 4.78 is 0. The lowest BCUT2D eigenvalue weighted by atomic mass is 10.1. The van der Waals surface area contributed by atoms with Crippen LogP contribution in [-0.2, 0) is 6.54 Å². The van der Waals surface area contributed by atoms with E-state index >= 15 is 0 Å². The van der Waals surface area contributed by atoms with Crippen LogP contribution < -0.4 is 5.32 Å². The lowest BCUT2D eigenvalue weighted by Crippen LogP contribution is -2.28. The molecule has 0 aliphatic heterocycles. The van der Waals surface area contributed by atoms with Gasteiger partial charge < -0.3 is 10.4 Å². The number of benzene rings is 1. The zero-order valence-electron chi connectivity index (χ0n) is 10.2. The molecule has 1 aromatic carbocycles. The van der Waals surface area contributed by atoms with Gasteiger partial charge in [0.05, 0.1) is 18.5 Å². The molecule has 96 valence electrons. The van der Waals surface area contributed by atoms with Crippen molar-refractivity contribution in [1.29, 1.82) is 0 Å². The summed E-state index contributed by atoms with van der Waals surface area (Å²) in [5, 5.41) is 19.9. The first kappa shape index (κ1) is 13.1. The minimum atomic E-state index is 0.0621. The van der Waals surface area contributed by atoms with Gasteiger partial charge >= 0.3 is 0 Å². The number of aliphatic hydroxyl groups is 1. The standard InChI is InChI=1S/C13H16ClN3O/c1-9(8-18)15-6-11-7-16-17-13(11)10-3-2-4-12(14)5-10/h2-5,7,9,15,18H,6,8H2,1H3,(H,16,17). The monoisotopic (exact) mass is 265 g/mol. The average Bonchev–Trinajstić information content (AvgIpc) is 2.84. The highest BCUT2D eigenvalue weighted by Gasteiger charge is 2.09. The predicted octanol–water partition coefficient (Wildman–Crippen LogP) is 2.20. The average molecular weight is 266 g/mol. The van der Waals surface area contributed by atoms with E-state index in [0.717, 1.165) is 16.8 Å². The number of aromatic amines is 1. The van der Waals surface area contributed by atoms with E-state index in [1.807, 2.05) is 31.2 Å². The Labute approximate surface area is 111 Å². The van der Waals surface area contributed by atoms with E-state index < -0.39 is 0 Å². The number of nitrogens with one attached hydrogen (secondary N) is 2. The molecule has 2 aromatic rings. The molecule has 0 aliphatic carbocycles. The Morgan fingerprint density at radius 1 is 1.50 bits per heavy atom. The van der Waals surface area contributed by atoms with E-state index in [1.165, 1.54) is 0 Å². The summed E-state index contributed by atoms with van der Waals surface area (Å²) in [5.74, 6) is 0. The first-order chi connectivity index (χ1) is 8.70. The highest BCUT2D eigenvalue weighted by molar-refractivity contribution is 6.30. The van der Waals surface area contributed by atoms with Crippen LogP contribution in [0, 0.1) is 0 Å². The molecular weight excluding hydrogens is 250 g/mol. The Morgan fingerprint density at radius 2 is 2.33 bits per heavy atom. The summed E-state index contributed by atoms with van der Waals surface area (Å²) >= 11 is 5.98. The van der Waals surface area contributed by atoms with Gasteiger partial charge in [-0.25, -0.2) is 0 Å². The van der Waals surface area contributed by atoms with Gasteiger partial charge in [-0.1, -0.05) is 23.7 Å². The summed E-state index contributed by atoms with van der Waals surface area (Å²) in [6.07, 6.45) is 1.79. The number of aliphatic hydroxyl groups excluding tert-OH is 1. The fourth-order valence-corrected chi connectivity index (χ4v) is 1.88. The second-order valence-electron chi connectivity index (χ2n) is 4.25. The molecular formula is C13H16ClN3O. The van der Waals surface area contributed by atoms with Crippen LogP contribution in [0.5, 0.6) is 0 Å². The van der Waals surface area contributed by atoms with Crippen molar-refractivity contribution < 1.29 is 5.11 Å². The fourth-order valence-electron chi connectivity index (χ4n) is 1.69. The molecule has 1 atom stereocenters. The third-order valence-electron chi connectivity index (χ3n) is 2.75. The number of hydrogen-bond donors (Lipinski definition) is 3. The summed E-state index contributed by atoms with van der Waals surface area (Å²) in [5.41, 5.74) is 3.01. The van der Waals surface area contributed by atoms with Crippen LogP contribution in [0.3, 0.4) is 0 Å². The molecule has 1 unspecified atom stereocenters. The fraction of sp³-hybridized carbons (Fsp3) is 0.308. The van der Waals surface area contributed by atoms with Crippen molar-refractivity contribution in [3.05, 3.63) is 41.0 Å². The van der Waals surface area contributed by atoms with Crippen LogP contribution in [0.2, 0.25) is 5.02 Å². The Hall–Kier alpha value is -1.36. The molecule has 4 nitrogen and oxygen atoms in total. The molecule has 0 bridgehead atoms. The van der Waals surface area contributed by atoms with Gasteiger partial charge in [-0.05, 0) is 19.1 Å². The maximum absolute atomic E-state index is 8.98. The van der Waals surface area contributed by atoms with E-state index in [0.29, 0.717) is 11.6 Å². The van der Waals surface area contributed by atoms with Crippen LogP contribution >= 0.6 is 11.6 Å². The molecule has 0 aliphatic rings. The Bertz CT molecular complexity index is 512. The maximum atomic E-state index is 8.98. The summed E-state index contributed by atoms with van der Waals surface area (Å²) in [7, 11) is 0. The van der Waals surface area contributed by atoms with Gasteiger partial charge in [0.2, 0.25) is 0 Å². The molecule has 3 N–H and O–H groups in total. The molecule has 0 saturated carbocycles.